The van der Waals surface area contributed by atoms with Gasteiger partial charge in [0.25, 0.3) is 0 Å². The van der Waals surface area contributed by atoms with Gasteiger partial charge in [0.05, 0.1) is 12.7 Å². The second-order valence-electron chi connectivity index (χ2n) is 4.79. The average Bonchev–Trinajstić information content (AvgIpc) is 3.00. The van der Waals surface area contributed by atoms with E-state index < -0.39 is 0 Å². The Morgan fingerprint density at radius 1 is 1.36 bits per heavy atom. The summed E-state index contributed by atoms with van der Waals surface area (Å²) in [4.78, 5) is 15.8. The van der Waals surface area contributed by atoms with Gasteiger partial charge in [0.2, 0.25) is 0 Å². The second-order valence-corrected chi connectivity index (χ2v) is 4.79. The summed E-state index contributed by atoms with van der Waals surface area (Å²) in [5.41, 5.74) is 1.10. The number of aromatic nitrogens is 4. The molecule has 0 bridgehead atoms. The van der Waals surface area contributed by atoms with Crippen LogP contribution < -0.4 is 10.6 Å². The molecule has 0 radical (unpaired) electrons. The minimum atomic E-state index is -0.256. The second kappa shape index (κ2) is 6.21. The van der Waals surface area contributed by atoms with E-state index in [4.69, 9.17) is 0 Å². The Morgan fingerprint density at radius 2 is 2.27 bits per heavy atom. The zero-order chi connectivity index (χ0) is 15.4. The number of hydrogen-bond acceptors (Lipinski definition) is 4. The maximum Gasteiger partial charge on any atom is 0.320 e. The van der Waals surface area contributed by atoms with Crippen LogP contribution in [0.3, 0.4) is 0 Å². The van der Waals surface area contributed by atoms with E-state index in [0.717, 1.165) is 16.3 Å². The Balaban J connectivity index is 1.88. The van der Waals surface area contributed by atoms with Gasteiger partial charge in [0, 0.05) is 24.3 Å². The van der Waals surface area contributed by atoms with Crippen molar-refractivity contribution in [2.75, 3.05) is 11.9 Å². The van der Waals surface area contributed by atoms with Gasteiger partial charge in [-0.3, -0.25) is 5.32 Å². The third-order valence-corrected chi connectivity index (χ3v) is 3.24. The molecule has 0 aliphatic heterocycles. The maximum absolute atomic E-state index is 11.5. The molecule has 2 amide bonds. The van der Waals surface area contributed by atoms with Gasteiger partial charge in [-0.05, 0) is 23.9 Å². The van der Waals surface area contributed by atoms with E-state index in [0.29, 0.717) is 18.9 Å². The van der Waals surface area contributed by atoms with Crippen LogP contribution in [-0.4, -0.2) is 32.6 Å². The van der Waals surface area contributed by atoms with E-state index in [9.17, 15) is 4.79 Å². The minimum Gasteiger partial charge on any atom is -0.338 e. The molecule has 3 aromatic rings. The van der Waals surface area contributed by atoms with Crippen LogP contribution in [0.1, 0.15) is 12.5 Å². The van der Waals surface area contributed by atoms with Crippen LogP contribution >= 0.6 is 0 Å². The Hall–Kier alpha value is -2.96. The van der Waals surface area contributed by atoms with Crippen molar-refractivity contribution >= 4 is 22.6 Å². The quantitative estimate of drug-likeness (QED) is 0.771. The predicted octanol–water partition coefficient (Wildman–Crippen LogP) is 2.02. The number of hydrogen-bond donors (Lipinski definition) is 2. The zero-order valence-corrected chi connectivity index (χ0v) is 12.2. The highest BCUT2D eigenvalue weighted by Gasteiger charge is 2.06. The average molecular weight is 296 g/mol. The first-order valence-electron chi connectivity index (χ1n) is 7.03. The lowest BCUT2D eigenvalue weighted by Crippen LogP contribution is -2.28. The fourth-order valence-corrected chi connectivity index (χ4v) is 2.25. The number of benzene rings is 1. The third kappa shape index (κ3) is 3.03. The topological polar surface area (TPSA) is 84.7 Å². The van der Waals surface area contributed by atoms with E-state index in [-0.39, 0.29) is 6.03 Å². The SMILES string of the molecule is CCNC(=O)Nc1cc2cccc(Cn3ccnn3)c2cn1. The molecule has 1 aromatic carbocycles. The molecule has 0 saturated carbocycles. The first-order valence-corrected chi connectivity index (χ1v) is 7.03. The molecule has 7 nitrogen and oxygen atoms in total. The Bertz CT molecular complexity index is 784. The van der Waals surface area contributed by atoms with Crippen LogP contribution in [0, 0.1) is 0 Å². The molecule has 0 fully saturated rings. The lowest BCUT2D eigenvalue weighted by molar-refractivity contribution is 0.252. The summed E-state index contributed by atoms with van der Waals surface area (Å²) in [7, 11) is 0. The van der Waals surface area contributed by atoms with Crippen LogP contribution in [0.2, 0.25) is 0 Å². The molecule has 2 N–H and O–H groups in total. The van der Waals surface area contributed by atoms with E-state index in [2.05, 4.69) is 25.9 Å². The highest BCUT2D eigenvalue weighted by atomic mass is 16.2. The molecule has 0 atom stereocenters. The normalized spacial score (nSPS) is 10.6. The molecule has 2 aromatic heterocycles. The first-order chi connectivity index (χ1) is 10.8. The van der Waals surface area contributed by atoms with Crippen LogP contribution in [-0.2, 0) is 6.54 Å². The molecule has 0 unspecified atom stereocenters. The summed E-state index contributed by atoms with van der Waals surface area (Å²) >= 11 is 0. The molecule has 7 heteroatoms. The van der Waals surface area contributed by atoms with Crippen molar-refractivity contribution in [1.29, 1.82) is 0 Å². The molecule has 3 rings (SSSR count). The summed E-state index contributed by atoms with van der Waals surface area (Å²) in [6, 6.07) is 7.60. The summed E-state index contributed by atoms with van der Waals surface area (Å²) in [5.74, 6) is 0.524. The van der Waals surface area contributed by atoms with Gasteiger partial charge in [-0.25, -0.2) is 14.5 Å². The monoisotopic (exact) mass is 296 g/mol. The lowest BCUT2D eigenvalue weighted by Gasteiger charge is -2.09. The third-order valence-electron chi connectivity index (χ3n) is 3.24. The largest absolute Gasteiger partial charge is 0.338 e. The number of amides is 2. The number of nitrogens with one attached hydrogen (secondary N) is 2. The molecule has 0 saturated heterocycles. The van der Waals surface area contributed by atoms with Crippen molar-refractivity contribution in [3.8, 4) is 0 Å². The van der Waals surface area contributed by atoms with Crippen molar-refractivity contribution in [2.45, 2.75) is 13.5 Å². The summed E-state index contributed by atoms with van der Waals surface area (Å²) in [6.07, 6.45) is 5.23. The molecule has 0 aliphatic rings. The van der Waals surface area contributed by atoms with Gasteiger partial charge in [-0.15, -0.1) is 5.10 Å². The molecule has 0 aliphatic carbocycles. The van der Waals surface area contributed by atoms with Gasteiger partial charge < -0.3 is 5.32 Å². The minimum absolute atomic E-state index is 0.256. The Morgan fingerprint density at radius 3 is 3.05 bits per heavy atom. The number of anilines is 1. The molecule has 2 heterocycles. The van der Waals surface area contributed by atoms with Crippen molar-refractivity contribution in [2.24, 2.45) is 0 Å². The fourth-order valence-electron chi connectivity index (χ4n) is 2.25. The number of pyridine rings is 1. The maximum atomic E-state index is 11.5. The van der Waals surface area contributed by atoms with Gasteiger partial charge in [0.15, 0.2) is 0 Å². The number of urea groups is 1. The number of nitrogens with zero attached hydrogens (tertiary/aromatic N) is 4. The lowest BCUT2D eigenvalue weighted by atomic mass is 10.1. The zero-order valence-electron chi connectivity index (χ0n) is 12.2. The van der Waals surface area contributed by atoms with E-state index in [1.807, 2.05) is 37.4 Å². The van der Waals surface area contributed by atoms with Crippen molar-refractivity contribution in [3.63, 3.8) is 0 Å². The summed E-state index contributed by atoms with van der Waals surface area (Å²) < 4.78 is 1.76. The number of carbonyl (C=O) groups is 1. The number of fused-ring (bicyclic) bond motifs is 1. The highest BCUT2D eigenvalue weighted by molar-refractivity contribution is 5.92. The molecule has 22 heavy (non-hydrogen) atoms. The van der Waals surface area contributed by atoms with Gasteiger partial charge in [0.1, 0.15) is 5.82 Å². The number of carbonyl (C=O) groups excluding carboxylic acids is 1. The molecular formula is C15H16N6O. The molecule has 0 spiro atoms. The van der Waals surface area contributed by atoms with E-state index in [1.54, 1.807) is 17.1 Å². The van der Waals surface area contributed by atoms with Crippen molar-refractivity contribution in [3.05, 3.63) is 48.4 Å². The van der Waals surface area contributed by atoms with Crippen molar-refractivity contribution < 1.29 is 4.79 Å². The Kier molecular flexibility index (Phi) is 3.95. The molecule has 112 valence electrons. The predicted molar refractivity (Wildman–Crippen MR) is 83.6 cm³/mol. The van der Waals surface area contributed by atoms with Crippen molar-refractivity contribution in [1.82, 2.24) is 25.3 Å². The van der Waals surface area contributed by atoms with Gasteiger partial charge >= 0.3 is 6.03 Å². The van der Waals surface area contributed by atoms with E-state index >= 15 is 0 Å². The van der Waals surface area contributed by atoms with Crippen LogP contribution in [0.4, 0.5) is 10.6 Å². The Labute approximate surface area is 127 Å². The van der Waals surface area contributed by atoms with Crippen LogP contribution in [0.25, 0.3) is 10.8 Å². The molecular weight excluding hydrogens is 280 g/mol. The summed E-state index contributed by atoms with van der Waals surface area (Å²) in [6.45, 7) is 3.06. The van der Waals surface area contributed by atoms with Crippen LogP contribution in [0.15, 0.2) is 42.9 Å². The fraction of sp³-hybridized carbons (Fsp3) is 0.200. The van der Waals surface area contributed by atoms with Gasteiger partial charge in [-0.2, -0.15) is 0 Å². The summed E-state index contributed by atoms with van der Waals surface area (Å²) in [5, 5.41) is 15.2. The van der Waals surface area contributed by atoms with Crippen LogP contribution in [0.5, 0.6) is 0 Å². The standard InChI is InChI=1S/C15H16N6O/c1-2-16-15(22)19-14-8-11-4-3-5-12(13(11)9-17-14)10-21-7-6-18-20-21/h3-9H,2,10H2,1H3,(H2,16,17,19,22). The first kappa shape index (κ1) is 14.0. The van der Waals surface area contributed by atoms with E-state index in [1.165, 1.54) is 0 Å². The number of rotatable bonds is 4. The van der Waals surface area contributed by atoms with Gasteiger partial charge in [-0.1, -0.05) is 23.4 Å². The highest BCUT2D eigenvalue weighted by Crippen LogP contribution is 2.21. The smallest absolute Gasteiger partial charge is 0.320 e.